The van der Waals surface area contributed by atoms with Crippen LogP contribution in [0, 0.1) is 11.3 Å². The molecule has 0 bridgehead atoms. The molecule has 64 heavy (non-hydrogen) atoms. The van der Waals surface area contributed by atoms with Gasteiger partial charge in [-0.05, 0) is 50.1 Å². The molecule has 0 radical (unpaired) electrons. The number of halogens is 1. The van der Waals surface area contributed by atoms with Crippen molar-refractivity contribution < 1.29 is 37.1 Å². The van der Waals surface area contributed by atoms with Crippen LogP contribution in [0.2, 0.25) is 5.02 Å². The Kier molecular flexibility index (Phi) is 19.3. The molecule has 2 aliphatic heterocycles. The van der Waals surface area contributed by atoms with E-state index >= 15 is 0 Å². The van der Waals surface area contributed by atoms with E-state index in [0.29, 0.717) is 30.1 Å². The summed E-state index contributed by atoms with van der Waals surface area (Å²) in [7, 11) is -4.50. The molecule has 6 atom stereocenters. The van der Waals surface area contributed by atoms with Crippen LogP contribution in [0.1, 0.15) is 154 Å². The summed E-state index contributed by atoms with van der Waals surface area (Å²) in [6.45, 7) is 5.71. The van der Waals surface area contributed by atoms with E-state index in [-0.39, 0.29) is 23.8 Å². The van der Waals surface area contributed by atoms with Gasteiger partial charge in [0.1, 0.15) is 41.5 Å². The van der Waals surface area contributed by atoms with Gasteiger partial charge in [0.05, 0.1) is 49.1 Å². The standard InChI is InChI=1S/C49H69ClN5O8P/c1-4-5-6-7-8-9-10-11-12-13-14-15-16-17-18-22-27-39(57-34-38-25-20-19-21-26-38)35-58-64(56,63-43-29-24-23-28-40(43)50)59-36-49(32-33-51)46-45(60-48(2,3)62-46)44(61-49)41-30-31-42-47(52)53-37-54-55(41)42/h19-21,23-26,28-31,37,39,44-46H,4-18,22,27,32,34-36H2,1-3H3,(H2,52,53,54)/t39-,44-,45-,46-,49+,64?/m0/s1. The summed E-state index contributed by atoms with van der Waals surface area (Å²) >= 11 is 6.53. The van der Waals surface area contributed by atoms with Crippen LogP contribution in [0.15, 0.2) is 73.1 Å². The fraction of sp³-hybridized carbons (Fsp3) is 0.612. The lowest BCUT2D eigenvalue weighted by Crippen LogP contribution is -2.47. The van der Waals surface area contributed by atoms with E-state index in [9.17, 15) is 9.83 Å². The van der Waals surface area contributed by atoms with Crippen LogP contribution in [0.5, 0.6) is 5.75 Å². The van der Waals surface area contributed by atoms with E-state index in [4.69, 9.17) is 49.9 Å². The zero-order valence-corrected chi connectivity index (χ0v) is 39.7. The average molecular weight is 923 g/mol. The molecule has 6 rings (SSSR count). The fourth-order valence-electron chi connectivity index (χ4n) is 8.68. The van der Waals surface area contributed by atoms with Gasteiger partial charge >= 0.3 is 7.82 Å². The maximum Gasteiger partial charge on any atom is 0.530 e. The Morgan fingerprint density at radius 1 is 0.844 bits per heavy atom. The van der Waals surface area contributed by atoms with E-state index in [1.807, 2.05) is 36.4 Å². The first-order chi connectivity index (χ1) is 31.1. The summed E-state index contributed by atoms with van der Waals surface area (Å²) in [5, 5.41) is 14.9. The molecule has 2 aliphatic rings. The zero-order chi connectivity index (χ0) is 45.3. The van der Waals surface area contributed by atoms with Crippen molar-refractivity contribution in [2.75, 3.05) is 18.9 Å². The van der Waals surface area contributed by atoms with Crippen LogP contribution in [0.4, 0.5) is 5.82 Å². The first-order valence-electron chi connectivity index (χ1n) is 23.5. The Morgan fingerprint density at radius 3 is 2.14 bits per heavy atom. The number of nitrogen functional groups attached to an aromatic ring is 1. The summed E-state index contributed by atoms with van der Waals surface area (Å²) in [4.78, 5) is 4.11. The molecule has 0 amide bonds. The highest BCUT2D eigenvalue weighted by Gasteiger charge is 2.64. The molecule has 13 nitrogen and oxygen atoms in total. The number of fused-ring (bicyclic) bond motifs is 2. The van der Waals surface area contributed by atoms with Gasteiger partial charge in [0.2, 0.25) is 0 Å². The van der Waals surface area contributed by atoms with E-state index in [1.165, 1.54) is 89.8 Å². The highest BCUT2D eigenvalue weighted by Crippen LogP contribution is 2.56. The lowest BCUT2D eigenvalue weighted by molar-refractivity contribution is -0.215. The number of unbranched alkanes of at least 4 members (excludes halogenated alkanes) is 15. The predicted octanol–water partition coefficient (Wildman–Crippen LogP) is 12.7. The third-order valence-electron chi connectivity index (χ3n) is 12.1. The molecule has 4 aromatic rings. The number of nitrogens with zero attached hydrogens (tertiary/aromatic N) is 4. The lowest BCUT2D eigenvalue weighted by atomic mass is 9.92. The van der Waals surface area contributed by atoms with E-state index in [0.717, 1.165) is 24.8 Å². The van der Waals surface area contributed by atoms with Crippen molar-refractivity contribution in [3.63, 3.8) is 0 Å². The first kappa shape index (κ1) is 49.9. The van der Waals surface area contributed by atoms with Crippen LogP contribution in [-0.4, -0.2) is 57.5 Å². The van der Waals surface area contributed by atoms with Crippen molar-refractivity contribution >= 4 is 30.8 Å². The Hall–Kier alpha value is -3.57. The summed E-state index contributed by atoms with van der Waals surface area (Å²) in [6, 6.07) is 22.4. The number of benzene rings is 2. The second-order valence-corrected chi connectivity index (χ2v) is 19.7. The zero-order valence-electron chi connectivity index (χ0n) is 38.0. The van der Waals surface area contributed by atoms with Crippen molar-refractivity contribution in [3.05, 3.63) is 89.3 Å². The van der Waals surface area contributed by atoms with Gasteiger partial charge in [0.15, 0.2) is 11.6 Å². The monoisotopic (exact) mass is 921 g/mol. The summed E-state index contributed by atoms with van der Waals surface area (Å²) in [5.41, 5.74) is 6.90. The number of hydrogen-bond donors (Lipinski definition) is 1. The van der Waals surface area contributed by atoms with E-state index < -0.39 is 50.2 Å². The molecule has 0 aliphatic carbocycles. The Bertz CT molecular complexity index is 2100. The molecule has 4 heterocycles. The molecule has 2 aromatic carbocycles. The quantitative estimate of drug-likeness (QED) is 0.0390. The minimum absolute atomic E-state index is 0.0853. The summed E-state index contributed by atoms with van der Waals surface area (Å²) in [6.07, 6.45) is 19.6. The maximum atomic E-state index is 15.0. The van der Waals surface area contributed by atoms with Crippen molar-refractivity contribution in [1.29, 1.82) is 5.26 Å². The van der Waals surface area contributed by atoms with Gasteiger partial charge < -0.3 is 29.2 Å². The smallest absolute Gasteiger partial charge is 0.402 e. The second-order valence-electron chi connectivity index (χ2n) is 17.7. The predicted molar refractivity (Wildman–Crippen MR) is 249 cm³/mol. The van der Waals surface area contributed by atoms with Crippen LogP contribution < -0.4 is 10.3 Å². The van der Waals surface area contributed by atoms with Crippen LogP contribution >= 0.6 is 19.4 Å². The maximum absolute atomic E-state index is 15.0. The van der Waals surface area contributed by atoms with Crippen molar-refractivity contribution in [1.82, 2.24) is 14.6 Å². The highest BCUT2D eigenvalue weighted by molar-refractivity contribution is 7.49. The van der Waals surface area contributed by atoms with Gasteiger partial charge in [0, 0.05) is 0 Å². The average Bonchev–Trinajstić information content (AvgIpc) is 3.95. The third kappa shape index (κ3) is 14.2. The van der Waals surface area contributed by atoms with E-state index in [2.05, 4.69) is 23.1 Å². The minimum atomic E-state index is -4.50. The molecule has 0 saturated carbocycles. The Morgan fingerprint density at radius 2 is 1.48 bits per heavy atom. The molecular formula is C49H69ClN5O8P. The van der Waals surface area contributed by atoms with Crippen LogP contribution in [-0.2, 0) is 39.2 Å². The van der Waals surface area contributed by atoms with Gasteiger partial charge in [-0.25, -0.2) is 14.1 Å². The molecule has 1 unspecified atom stereocenters. The number of aromatic nitrogens is 3. The molecule has 0 spiro atoms. The first-order valence-corrected chi connectivity index (χ1v) is 25.4. The topological polar surface area (TPSA) is 162 Å². The molecule has 2 fully saturated rings. The number of anilines is 1. The Balaban J connectivity index is 1.09. The molecular weight excluding hydrogens is 853 g/mol. The number of nitrogens with two attached hydrogens (primary N) is 1. The normalized spacial score (nSPS) is 21.7. The van der Waals surface area contributed by atoms with Gasteiger partial charge in [-0.3, -0.25) is 9.05 Å². The number of phosphoric ester groups is 1. The van der Waals surface area contributed by atoms with Gasteiger partial charge in [0.25, 0.3) is 0 Å². The van der Waals surface area contributed by atoms with E-state index in [1.54, 1.807) is 48.7 Å². The molecule has 350 valence electrons. The van der Waals surface area contributed by atoms with Gasteiger partial charge in [-0.2, -0.15) is 10.4 Å². The largest absolute Gasteiger partial charge is 0.530 e. The fourth-order valence-corrected chi connectivity index (χ4v) is 10.2. The van der Waals surface area contributed by atoms with Gasteiger partial charge in [-0.1, -0.05) is 164 Å². The van der Waals surface area contributed by atoms with Crippen molar-refractivity contribution in [3.8, 4) is 11.8 Å². The summed E-state index contributed by atoms with van der Waals surface area (Å²) in [5.74, 6) is -0.631. The molecule has 2 saturated heterocycles. The van der Waals surface area contributed by atoms with Gasteiger partial charge in [-0.15, -0.1) is 0 Å². The summed E-state index contributed by atoms with van der Waals surface area (Å²) < 4.78 is 61.2. The number of phosphoric acid groups is 1. The molecule has 2 aromatic heterocycles. The number of rotatable bonds is 30. The third-order valence-corrected chi connectivity index (χ3v) is 13.8. The van der Waals surface area contributed by atoms with Crippen molar-refractivity contribution in [2.24, 2.45) is 0 Å². The molecule has 15 heteroatoms. The number of para-hydroxylation sites is 1. The minimum Gasteiger partial charge on any atom is -0.402 e. The van der Waals surface area contributed by atoms with Crippen molar-refractivity contribution in [2.45, 2.75) is 179 Å². The Labute approximate surface area is 385 Å². The van der Waals surface area contributed by atoms with Crippen LogP contribution in [0.3, 0.4) is 0 Å². The number of hydrogen-bond acceptors (Lipinski definition) is 12. The number of nitriles is 1. The second kappa shape index (κ2) is 24.8. The lowest BCUT2D eigenvalue weighted by Gasteiger charge is -2.33. The van der Waals surface area contributed by atoms with Crippen LogP contribution in [0.25, 0.3) is 5.52 Å². The highest BCUT2D eigenvalue weighted by atomic mass is 35.5. The SMILES string of the molecule is CCCCCCCCCCCCCCCCCC[C@@H](COP(=O)(OC[C@@]1(CC#N)O[C@@H](c2ccc3c(N)ncnn23)[C@@H]2OC(C)(C)O[C@@H]21)Oc1ccccc1Cl)OCc1ccccc1. The molecule has 2 N–H and O–H groups in total. The number of ether oxygens (including phenoxy) is 4.